The zero-order valence-electron chi connectivity index (χ0n) is 12.5. The van der Waals surface area contributed by atoms with Gasteiger partial charge in [0, 0.05) is 18.2 Å². The molecule has 0 radical (unpaired) electrons. The van der Waals surface area contributed by atoms with Gasteiger partial charge < -0.3 is 10.2 Å². The number of aromatic amines is 1. The number of rotatable bonds is 5. The van der Waals surface area contributed by atoms with Crippen molar-refractivity contribution in [3.8, 4) is 0 Å². The number of aromatic nitrogens is 2. The second-order valence-electron chi connectivity index (χ2n) is 5.04. The Balaban J connectivity index is 2.33. The summed E-state index contributed by atoms with van der Waals surface area (Å²) in [6.07, 6.45) is 0. The SMILES string of the molecule is Cc1cc(C(C)NS(=O)(=O)c2c(CN)n[nH]c2C)c(C)o1. The van der Waals surface area contributed by atoms with Crippen LogP contribution in [0, 0.1) is 20.8 Å². The summed E-state index contributed by atoms with van der Waals surface area (Å²) in [5.74, 6) is 1.45. The van der Waals surface area contributed by atoms with Gasteiger partial charge in [-0.3, -0.25) is 5.10 Å². The van der Waals surface area contributed by atoms with E-state index in [-0.39, 0.29) is 11.4 Å². The van der Waals surface area contributed by atoms with Crippen LogP contribution in [-0.2, 0) is 16.6 Å². The highest BCUT2D eigenvalue weighted by atomic mass is 32.2. The lowest BCUT2D eigenvalue weighted by Gasteiger charge is -2.14. The molecule has 0 aliphatic carbocycles. The molecule has 0 fully saturated rings. The minimum absolute atomic E-state index is 0.0544. The summed E-state index contributed by atoms with van der Waals surface area (Å²) in [7, 11) is -3.71. The third-order valence-corrected chi connectivity index (χ3v) is 5.04. The summed E-state index contributed by atoms with van der Waals surface area (Å²) >= 11 is 0. The topological polar surface area (TPSA) is 114 Å². The highest BCUT2D eigenvalue weighted by Gasteiger charge is 2.26. The molecule has 8 heteroatoms. The van der Waals surface area contributed by atoms with Crippen LogP contribution in [0.3, 0.4) is 0 Å². The second kappa shape index (κ2) is 5.63. The predicted octanol–water partition coefficient (Wildman–Crippen LogP) is 1.43. The first-order valence-corrected chi connectivity index (χ1v) is 8.07. The first kappa shape index (κ1) is 15.7. The lowest BCUT2D eigenvalue weighted by Crippen LogP contribution is -2.28. The average Bonchev–Trinajstić information content (AvgIpc) is 2.91. The zero-order chi connectivity index (χ0) is 15.8. The summed E-state index contributed by atoms with van der Waals surface area (Å²) < 4.78 is 33.2. The number of nitrogens with one attached hydrogen (secondary N) is 2. The van der Waals surface area contributed by atoms with Gasteiger partial charge in [0.15, 0.2) is 0 Å². The number of aryl methyl sites for hydroxylation is 3. The Morgan fingerprint density at radius 3 is 2.62 bits per heavy atom. The molecule has 0 spiro atoms. The smallest absolute Gasteiger partial charge is 0.244 e. The Kier molecular flexibility index (Phi) is 4.22. The number of furan rings is 1. The molecule has 2 heterocycles. The van der Waals surface area contributed by atoms with E-state index < -0.39 is 16.1 Å². The van der Waals surface area contributed by atoms with Gasteiger partial charge in [0.05, 0.1) is 11.4 Å². The van der Waals surface area contributed by atoms with Crippen molar-refractivity contribution in [1.82, 2.24) is 14.9 Å². The summed E-state index contributed by atoms with van der Waals surface area (Å²) in [6, 6.07) is 1.42. The monoisotopic (exact) mass is 312 g/mol. The van der Waals surface area contributed by atoms with E-state index in [9.17, 15) is 8.42 Å². The van der Waals surface area contributed by atoms with E-state index in [0.29, 0.717) is 17.1 Å². The van der Waals surface area contributed by atoms with Crippen LogP contribution in [0.2, 0.25) is 0 Å². The maximum absolute atomic E-state index is 12.5. The normalized spacial score (nSPS) is 13.6. The molecule has 2 rings (SSSR count). The number of hydrogen-bond donors (Lipinski definition) is 3. The fourth-order valence-corrected chi connectivity index (χ4v) is 4.00. The quantitative estimate of drug-likeness (QED) is 0.772. The van der Waals surface area contributed by atoms with E-state index in [0.717, 1.165) is 11.3 Å². The van der Waals surface area contributed by atoms with Crippen molar-refractivity contribution in [3.05, 3.63) is 34.5 Å². The second-order valence-corrected chi connectivity index (χ2v) is 6.69. The molecule has 0 amide bonds. The van der Waals surface area contributed by atoms with Crippen LogP contribution in [0.4, 0.5) is 0 Å². The van der Waals surface area contributed by atoms with Crippen molar-refractivity contribution in [2.75, 3.05) is 0 Å². The minimum atomic E-state index is -3.71. The molecule has 2 aromatic heterocycles. The number of nitrogens with zero attached hydrogens (tertiary/aromatic N) is 1. The number of hydrogen-bond acceptors (Lipinski definition) is 5. The lowest BCUT2D eigenvalue weighted by molar-refractivity contribution is 0.496. The molecule has 4 N–H and O–H groups in total. The number of nitrogens with two attached hydrogens (primary N) is 1. The fourth-order valence-electron chi connectivity index (χ4n) is 2.40. The standard InChI is InChI=1S/C13H20N4O3S/c1-7-5-11(10(4)20-7)8(2)17-21(18,19)13-9(3)15-16-12(13)6-14/h5,8,17H,6,14H2,1-4H3,(H,15,16). The van der Waals surface area contributed by atoms with Crippen molar-refractivity contribution in [3.63, 3.8) is 0 Å². The molecule has 0 saturated heterocycles. The predicted molar refractivity (Wildman–Crippen MR) is 78.1 cm³/mol. The minimum Gasteiger partial charge on any atom is -0.466 e. The van der Waals surface area contributed by atoms with Crippen LogP contribution in [0.1, 0.15) is 41.4 Å². The van der Waals surface area contributed by atoms with Crippen LogP contribution in [0.5, 0.6) is 0 Å². The van der Waals surface area contributed by atoms with Gasteiger partial charge in [0.25, 0.3) is 0 Å². The maximum atomic E-state index is 12.5. The highest BCUT2D eigenvalue weighted by molar-refractivity contribution is 7.89. The van der Waals surface area contributed by atoms with Crippen molar-refractivity contribution >= 4 is 10.0 Å². The first-order chi connectivity index (χ1) is 9.76. The Morgan fingerprint density at radius 2 is 2.10 bits per heavy atom. The Morgan fingerprint density at radius 1 is 1.43 bits per heavy atom. The van der Waals surface area contributed by atoms with Crippen molar-refractivity contribution in [2.45, 2.75) is 45.2 Å². The number of sulfonamides is 1. The summed E-state index contributed by atoms with van der Waals surface area (Å²) in [4.78, 5) is 0.120. The molecule has 116 valence electrons. The van der Waals surface area contributed by atoms with E-state index in [1.54, 1.807) is 13.8 Å². The molecular weight excluding hydrogens is 292 g/mol. The number of H-pyrrole nitrogens is 1. The Labute approximate surface area is 124 Å². The Hall–Kier alpha value is -1.64. The molecule has 1 unspecified atom stereocenters. The van der Waals surface area contributed by atoms with Crippen LogP contribution in [0.25, 0.3) is 0 Å². The van der Waals surface area contributed by atoms with Gasteiger partial charge >= 0.3 is 0 Å². The first-order valence-electron chi connectivity index (χ1n) is 6.59. The van der Waals surface area contributed by atoms with E-state index in [4.69, 9.17) is 10.2 Å². The molecule has 0 aromatic carbocycles. The summed E-state index contributed by atoms with van der Waals surface area (Å²) in [5, 5.41) is 6.57. The molecule has 7 nitrogen and oxygen atoms in total. The largest absolute Gasteiger partial charge is 0.466 e. The molecule has 2 aromatic rings. The average molecular weight is 312 g/mol. The van der Waals surface area contributed by atoms with Crippen LogP contribution in [0.15, 0.2) is 15.4 Å². The fraction of sp³-hybridized carbons (Fsp3) is 0.462. The molecular formula is C13H20N4O3S. The van der Waals surface area contributed by atoms with E-state index in [2.05, 4.69) is 14.9 Å². The zero-order valence-corrected chi connectivity index (χ0v) is 13.3. The lowest BCUT2D eigenvalue weighted by atomic mass is 10.1. The molecule has 0 aliphatic rings. The maximum Gasteiger partial charge on any atom is 0.244 e. The molecule has 21 heavy (non-hydrogen) atoms. The van der Waals surface area contributed by atoms with E-state index in [1.807, 2.05) is 19.9 Å². The summed E-state index contributed by atoms with van der Waals surface area (Å²) in [5.41, 5.74) is 7.15. The van der Waals surface area contributed by atoms with Gasteiger partial charge in [-0.25, -0.2) is 13.1 Å². The van der Waals surface area contributed by atoms with Crippen molar-refractivity contribution in [1.29, 1.82) is 0 Å². The van der Waals surface area contributed by atoms with Crippen molar-refractivity contribution < 1.29 is 12.8 Å². The van der Waals surface area contributed by atoms with Crippen LogP contribution in [-0.4, -0.2) is 18.6 Å². The van der Waals surface area contributed by atoms with E-state index >= 15 is 0 Å². The Bertz CT molecular complexity index is 746. The van der Waals surface area contributed by atoms with E-state index in [1.165, 1.54) is 0 Å². The molecule has 0 bridgehead atoms. The molecule has 0 saturated carbocycles. The van der Waals surface area contributed by atoms with Gasteiger partial charge in [-0.2, -0.15) is 5.10 Å². The van der Waals surface area contributed by atoms with Crippen LogP contribution < -0.4 is 10.5 Å². The van der Waals surface area contributed by atoms with Gasteiger partial charge in [-0.1, -0.05) is 0 Å². The van der Waals surface area contributed by atoms with Gasteiger partial charge in [0.1, 0.15) is 16.4 Å². The van der Waals surface area contributed by atoms with Gasteiger partial charge in [-0.05, 0) is 33.8 Å². The molecule has 0 aliphatic heterocycles. The third-order valence-electron chi connectivity index (χ3n) is 3.30. The third kappa shape index (κ3) is 3.02. The van der Waals surface area contributed by atoms with Gasteiger partial charge in [0.2, 0.25) is 10.0 Å². The highest BCUT2D eigenvalue weighted by Crippen LogP contribution is 2.24. The van der Waals surface area contributed by atoms with Crippen LogP contribution >= 0.6 is 0 Å². The summed E-state index contributed by atoms with van der Waals surface area (Å²) in [6.45, 7) is 7.11. The van der Waals surface area contributed by atoms with Gasteiger partial charge in [-0.15, -0.1) is 0 Å². The molecule has 1 atom stereocenters. The van der Waals surface area contributed by atoms with Crippen molar-refractivity contribution in [2.24, 2.45) is 5.73 Å².